The first-order chi connectivity index (χ1) is 17.5. The van der Waals surface area contributed by atoms with Crippen molar-refractivity contribution in [1.29, 1.82) is 5.41 Å². The van der Waals surface area contributed by atoms with Crippen LogP contribution < -0.4 is 5.32 Å². The van der Waals surface area contributed by atoms with Crippen molar-refractivity contribution < 1.29 is 38.2 Å². The molecule has 1 unspecified atom stereocenters. The number of hydrogen-bond acceptors (Lipinski definition) is 9. The van der Waals surface area contributed by atoms with Gasteiger partial charge in [-0.15, -0.1) is 0 Å². The van der Waals surface area contributed by atoms with Crippen molar-refractivity contribution in [3.63, 3.8) is 0 Å². The van der Waals surface area contributed by atoms with Crippen LogP contribution in [0.15, 0.2) is 30.3 Å². The van der Waals surface area contributed by atoms with Gasteiger partial charge in [-0.05, 0) is 46.4 Å². The van der Waals surface area contributed by atoms with E-state index in [9.17, 15) is 19.2 Å². The quantitative estimate of drug-likeness (QED) is 0.204. The van der Waals surface area contributed by atoms with Crippen molar-refractivity contribution in [3.8, 4) is 0 Å². The first-order valence-electron chi connectivity index (χ1n) is 11.7. The molecule has 224 valence electrons. The molecule has 11 heteroatoms. The molecule has 0 aliphatic carbocycles. The molecular formula is C28H49N3O8. The van der Waals surface area contributed by atoms with E-state index in [0.29, 0.717) is 6.61 Å². The van der Waals surface area contributed by atoms with E-state index in [-0.39, 0.29) is 65.7 Å². The Hall–Kier alpha value is -3.60. The van der Waals surface area contributed by atoms with E-state index < -0.39 is 23.7 Å². The maximum atomic E-state index is 12.8. The highest BCUT2D eigenvalue weighted by Gasteiger charge is 2.25. The molecular weight excluding hydrogens is 506 g/mol. The molecule has 0 aliphatic heterocycles. The first kappa shape index (κ1) is 42.5. The molecule has 11 nitrogen and oxygen atoms in total. The summed E-state index contributed by atoms with van der Waals surface area (Å²) in [5.41, 5.74) is 0.168. The van der Waals surface area contributed by atoms with Gasteiger partial charge in [0.05, 0.1) is 6.04 Å². The fourth-order valence-corrected chi connectivity index (χ4v) is 2.79. The lowest BCUT2D eigenvalue weighted by Gasteiger charge is -2.27. The molecule has 1 aromatic carbocycles. The Morgan fingerprint density at radius 1 is 1.03 bits per heavy atom. The van der Waals surface area contributed by atoms with Crippen molar-refractivity contribution in [1.82, 2.24) is 10.2 Å². The summed E-state index contributed by atoms with van der Waals surface area (Å²) in [4.78, 5) is 58.2. The number of carbonyl (C=O) groups excluding carboxylic acids is 5. The highest BCUT2D eigenvalue weighted by Crippen LogP contribution is 2.12. The van der Waals surface area contributed by atoms with Crippen LogP contribution in [0.4, 0.5) is 4.79 Å². The topological polar surface area (TPSA) is 152 Å². The summed E-state index contributed by atoms with van der Waals surface area (Å²) in [7, 11) is 0. The third kappa shape index (κ3) is 22.1. The molecule has 0 saturated heterocycles. The van der Waals surface area contributed by atoms with Gasteiger partial charge < -0.3 is 29.7 Å². The van der Waals surface area contributed by atoms with E-state index in [1.165, 1.54) is 11.8 Å². The van der Waals surface area contributed by atoms with Gasteiger partial charge >= 0.3 is 12.1 Å². The molecule has 2 amide bonds. The molecule has 39 heavy (non-hydrogen) atoms. The van der Waals surface area contributed by atoms with Crippen LogP contribution in [0.1, 0.15) is 74.3 Å². The number of ether oxygens (including phenoxy) is 3. The minimum Gasteiger partial charge on any atom is -0.461 e. The molecule has 1 aromatic rings. The number of esters is 1. The number of carbonyl (C=O) groups is 5. The molecule has 0 heterocycles. The Bertz CT molecular complexity index is 811. The van der Waals surface area contributed by atoms with Gasteiger partial charge in [0.25, 0.3) is 0 Å². The van der Waals surface area contributed by atoms with Gasteiger partial charge in [-0.2, -0.15) is 0 Å². The van der Waals surface area contributed by atoms with E-state index in [2.05, 4.69) is 12.0 Å². The van der Waals surface area contributed by atoms with Crippen molar-refractivity contribution >= 4 is 37.3 Å². The molecule has 2 N–H and O–H groups in total. The number of ketones is 1. The average molecular weight is 556 g/mol. The van der Waals surface area contributed by atoms with Crippen LogP contribution in [0.5, 0.6) is 0 Å². The highest BCUT2D eigenvalue weighted by molar-refractivity contribution is 5.89. The van der Waals surface area contributed by atoms with Gasteiger partial charge in [-0.1, -0.05) is 45.2 Å². The molecule has 1 atom stereocenters. The predicted molar refractivity (Wildman–Crippen MR) is 153 cm³/mol. The molecule has 0 aromatic heterocycles. The number of rotatable bonds is 13. The predicted octanol–water partition coefficient (Wildman–Crippen LogP) is 4.56. The van der Waals surface area contributed by atoms with E-state index in [4.69, 9.17) is 24.4 Å². The average Bonchev–Trinajstić information content (AvgIpc) is 2.86. The lowest BCUT2D eigenvalue weighted by Crippen LogP contribution is -2.43. The van der Waals surface area contributed by atoms with Crippen LogP contribution in [0.3, 0.4) is 0 Å². The van der Waals surface area contributed by atoms with Gasteiger partial charge in [0.2, 0.25) is 5.91 Å². The molecule has 0 fully saturated rings. The van der Waals surface area contributed by atoms with Gasteiger partial charge in [0, 0.05) is 32.9 Å². The minimum absolute atomic E-state index is 0. The van der Waals surface area contributed by atoms with Crippen LogP contribution in [0, 0.1) is 5.41 Å². The first-order valence-corrected chi connectivity index (χ1v) is 11.7. The van der Waals surface area contributed by atoms with Gasteiger partial charge in [0.15, 0.2) is 5.78 Å². The van der Waals surface area contributed by atoms with E-state index >= 15 is 0 Å². The molecule has 0 aliphatic rings. The van der Waals surface area contributed by atoms with Gasteiger partial charge in [0.1, 0.15) is 25.7 Å². The SMILES string of the molecule is C.C.C=N.C=O.CCOCN(CCC(=O)C(CCC(=O)OCc1ccccc1)NC(C)=O)C(=O)OC(C)(C)C. The zero-order chi connectivity index (χ0) is 28.9. The fourth-order valence-electron chi connectivity index (χ4n) is 2.79. The Labute approximate surface area is 234 Å². The lowest BCUT2D eigenvalue weighted by atomic mass is 10.0. The number of amides is 2. The van der Waals surface area contributed by atoms with Crippen LogP contribution in [-0.2, 0) is 40.0 Å². The Kier molecular flexibility index (Phi) is 26.9. The van der Waals surface area contributed by atoms with Crippen LogP contribution >= 0.6 is 0 Å². The number of nitrogens with zero attached hydrogens (tertiary/aromatic N) is 1. The second-order valence-corrected chi connectivity index (χ2v) is 8.52. The van der Waals surface area contributed by atoms with Crippen LogP contribution in [0.2, 0.25) is 0 Å². The second-order valence-electron chi connectivity index (χ2n) is 8.52. The Morgan fingerprint density at radius 2 is 1.59 bits per heavy atom. The summed E-state index contributed by atoms with van der Waals surface area (Å²) in [5.74, 6) is -1.15. The lowest BCUT2D eigenvalue weighted by molar-refractivity contribution is -0.145. The highest BCUT2D eigenvalue weighted by atomic mass is 16.6. The molecule has 0 radical (unpaired) electrons. The molecule has 1 rings (SSSR count). The Morgan fingerprint density at radius 3 is 2.08 bits per heavy atom. The number of benzene rings is 1. The standard InChI is InChI=1S/C24H36N2O7.CH3N.CH2O.2CH4/c1-6-31-17-26(23(30)33-24(3,4)5)15-14-21(28)20(25-18(2)27)12-13-22(29)32-16-19-10-8-7-9-11-19;2*1-2;;/h7-11,20H,6,12-17H2,1-5H3,(H,25,27);2H,1H2;1H2;2*1H4. The van der Waals surface area contributed by atoms with E-state index in [1.807, 2.05) is 37.1 Å². The van der Waals surface area contributed by atoms with E-state index in [1.54, 1.807) is 27.7 Å². The molecule has 0 saturated carbocycles. The monoisotopic (exact) mass is 555 g/mol. The third-order valence-electron chi connectivity index (χ3n) is 4.38. The van der Waals surface area contributed by atoms with Crippen molar-refractivity contribution in [3.05, 3.63) is 35.9 Å². The minimum atomic E-state index is -0.862. The molecule has 0 bridgehead atoms. The number of nitrogens with one attached hydrogen (secondary N) is 2. The zero-order valence-corrected chi connectivity index (χ0v) is 22.5. The maximum absolute atomic E-state index is 12.8. The zero-order valence-electron chi connectivity index (χ0n) is 22.5. The largest absolute Gasteiger partial charge is 0.461 e. The van der Waals surface area contributed by atoms with Crippen molar-refractivity contribution in [2.75, 3.05) is 19.9 Å². The van der Waals surface area contributed by atoms with Crippen molar-refractivity contribution in [2.45, 2.75) is 87.0 Å². The smallest absolute Gasteiger partial charge is 0.412 e. The summed E-state index contributed by atoms with van der Waals surface area (Å²) in [6, 6.07) is 8.39. The number of hydrogen-bond donors (Lipinski definition) is 2. The maximum Gasteiger partial charge on any atom is 0.412 e. The summed E-state index contributed by atoms with van der Waals surface area (Å²) >= 11 is 0. The normalized spacial score (nSPS) is 10.3. The second kappa shape index (κ2) is 24.7. The summed E-state index contributed by atoms with van der Waals surface area (Å²) in [6.45, 7) is 13.4. The fraction of sp³-hybridized carbons (Fsp3) is 0.571. The summed E-state index contributed by atoms with van der Waals surface area (Å²) < 4.78 is 15.9. The van der Waals surface area contributed by atoms with Gasteiger partial charge in [-0.25, -0.2) is 4.79 Å². The van der Waals surface area contributed by atoms with Crippen molar-refractivity contribution in [2.24, 2.45) is 0 Å². The Balaban J connectivity index is -0.000000972. The summed E-state index contributed by atoms with van der Waals surface area (Å²) in [6.07, 6.45) is -0.553. The van der Waals surface area contributed by atoms with Crippen LogP contribution in [-0.4, -0.2) is 73.7 Å². The van der Waals surface area contributed by atoms with Crippen LogP contribution in [0.25, 0.3) is 0 Å². The summed E-state index contributed by atoms with van der Waals surface area (Å²) in [5, 5.41) is 8.08. The van der Waals surface area contributed by atoms with Gasteiger partial charge in [-0.3, -0.25) is 19.3 Å². The third-order valence-corrected chi connectivity index (χ3v) is 4.38. The number of Topliss-reactive ketones (excluding diaryl/α,β-unsaturated/α-hetero) is 1. The molecule has 0 spiro atoms. The van der Waals surface area contributed by atoms with E-state index in [0.717, 1.165) is 5.56 Å².